The molecule has 0 bridgehead atoms. The van der Waals surface area contributed by atoms with Crippen molar-refractivity contribution in [2.24, 2.45) is 5.41 Å². The van der Waals surface area contributed by atoms with E-state index in [-0.39, 0.29) is 5.97 Å². The first-order chi connectivity index (χ1) is 9.89. The van der Waals surface area contributed by atoms with Gasteiger partial charge in [-0.15, -0.1) is 11.3 Å². The van der Waals surface area contributed by atoms with E-state index in [4.69, 9.17) is 15.2 Å². The quantitative estimate of drug-likeness (QED) is 0.865. The number of esters is 1. The van der Waals surface area contributed by atoms with Crippen LogP contribution in [0.2, 0.25) is 0 Å². The fraction of sp³-hybridized carbons (Fsp3) is 0.667. The van der Waals surface area contributed by atoms with Gasteiger partial charge in [-0.3, -0.25) is 0 Å². The van der Waals surface area contributed by atoms with E-state index in [0.717, 1.165) is 30.9 Å². The summed E-state index contributed by atoms with van der Waals surface area (Å²) in [5.41, 5.74) is 6.82. The second-order valence-corrected chi connectivity index (χ2v) is 7.05. The van der Waals surface area contributed by atoms with Gasteiger partial charge in [0, 0.05) is 13.1 Å². The number of methoxy groups -OCH3 is 1. The van der Waals surface area contributed by atoms with Crippen LogP contribution in [0.3, 0.4) is 0 Å². The molecule has 1 aliphatic rings. The minimum absolute atomic E-state index is 0.339. The Kier molecular flexibility index (Phi) is 4.66. The van der Waals surface area contributed by atoms with Crippen LogP contribution in [0.1, 0.15) is 43.3 Å². The second-order valence-electron chi connectivity index (χ2n) is 6.05. The van der Waals surface area contributed by atoms with Gasteiger partial charge in [-0.1, -0.05) is 13.8 Å². The van der Waals surface area contributed by atoms with Crippen molar-refractivity contribution in [3.63, 3.8) is 0 Å². The van der Waals surface area contributed by atoms with Crippen molar-refractivity contribution in [3.8, 4) is 5.75 Å². The van der Waals surface area contributed by atoms with E-state index in [2.05, 4.69) is 18.7 Å². The first-order valence-corrected chi connectivity index (χ1v) is 8.09. The lowest BCUT2D eigenvalue weighted by Gasteiger charge is -2.37. The minimum Gasteiger partial charge on any atom is -0.492 e. The number of piperidine rings is 1. The van der Waals surface area contributed by atoms with Crippen molar-refractivity contribution in [2.75, 3.05) is 37.4 Å². The van der Waals surface area contributed by atoms with Crippen LogP contribution in [-0.4, -0.2) is 32.8 Å². The summed E-state index contributed by atoms with van der Waals surface area (Å²) in [7, 11) is 1.59. The lowest BCUT2D eigenvalue weighted by molar-refractivity contribution is 0.0533. The van der Waals surface area contributed by atoms with Gasteiger partial charge in [0.25, 0.3) is 0 Å². The zero-order valence-electron chi connectivity index (χ0n) is 13.2. The number of nitrogen functional groups attached to an aromatic ring is 1. The molecule has 21 heavy (non-hydrogen) atoms. The fourth-order valence-electron chi connectivity index (χ4n) is 2.49. The van der Waals surface area contributed by atoms with Crippen molar-refractivity contribution < 1.29 is 14.3 Å². The summed E-state index contributed by atoms with van der Waals surface area (Å²) in [5, 5.41) is 0.938. The van der Waals surface area contributed by atoms with E-state index in [9.17, 15) is 4.79 Å². The molecule has 0 amide bonds. The summed E-state index contributed by atoms with van der Waals surface area (Å²) in [6.45, 7) is 8.60. The molecule has 2 rings (SSSR count). The minimum atomic E-state index is -0.373. The van der Waals surface area contributed by atoms with Crippen LogP contribution in [0.5, 0.6) is 5.75 Å². The number of nitrogens with zero attached hydrogens (tertiary/aromatic N) is 1. The van der Waals surface area contributed by atoms with Gasteiger partial charge in [0.1, 0.15) is 15.6 Å². The third-order valence-corrected chi connectivity index (χ3v) is 5.18. The highest BCUT2D eigenvalue weighted by atomic mass is 32.1. The third kappa shape index (κ3) is 3.26. The average Bonchev–Trinajstić information content (AvgIpc) is 2.76. The maximum Gasteiger partial charge on any atom is 0.350 e. The van der Waals surface area contributed by atoms with Gasteiger partial charge in [-0.2, -0.15) is 0 Å². The Balaban J connectivity index is 2.27. The molecule has 2 heterocycles. The van der Waals surface area contributed by atoms with Crippen LogP contribution in [0.4, 0.5) is 10.7 Å². The molecule has 0 saturated carbocycles. The first kappa shape index (κ1) is 15.9. The predicted molar refractivity (Wildman–Crippen MR) is 86.5 cm³/mol. The molecule has 0 atom stereocenters. The van der Waals surface area contributed by atoms with Gasteiger partial charge in [0.05, 0.1) is 13.7 Å². The largest absolute Gasteiger partial charge is 0.492 e. The number of hydrogen-bond acceptors (Lipinski definition) is 6. The van der Waals surface area contributed by atoms with Crippen molar-refractivity contribution >= 4 is 28.0 Å². The van der Waals surface area contributed by atoms with Crippen LogP contribution in [0, 0.1) is 5.41 Å². The van der Waals surface area contributed by atoms with E-state index in [1.807, 2.05) is 0 Å². The number of anilines is 2. The summed E-state index contributed by atoms with van der Waals surface area (Å²) < 4.78 is 10.5. The van der Waals surface area contributed by atoms with Crippen molar-refractivity contribution in [3.05, 3.63) is 4.88 Å². The van der Waals surface area contributed by atoms with Crippen LogP contribution >= 0.6 is 11.3 Å². The predicted octanol–water partition coefficient (Wildman–Crippen LogP) is 3.14. The highest BCUT2D eigenvalue weighted by molar-refractivity contribution is 7.19. The highest BCUT2D eigenvalue weighted by Crippen LogP contribution is 2.46. The summed E-state index contributed by atoms with van der Waals surface area (Å²) in [4.78, 5) is 14.7. The number of carbonyl (C=O) groups excluding carboxylic acids is 1. The highest BCUT2D eigenvalue weighted by Gasteiger charge is 2.31. The molecule has 1 aromatic rings. The number of ether oxygens (including phenoxy) is 2. The van der Waals surface area contributed by atoms with Crippen LogP contribution in [0.15, 0.2) is 0 Å². The van der Waals surface area contributed by atoms with Gasteiger partial charge in [-0.25, -0.2) is 4.79 Å². The van der Waals surface area contributed by atoms with E-state index in [1.54, 1.807) is 14.0 Å². The molecule has 0 radical (unpaired) electrons. The molecule has 0 spiro atoms. The number of hydrogen-bond donors (Lipinski definition) is 1. The zero-order valence-corrected chi connectivity index (χ0v) is 14.0. The maximum atomic E-state index is 12.0. The summed E-state index contributed by atoms with van der Waals surface area (Å²) in [6, 6.07) is 0. The second kappa shape index (κ2) is 6.13. The topological polar surface area (TPSA) is 64.8 Å². The lowest BCUT2D eigenvalue weighted by Crippen LogP contribution is -2.37. The molecule has 2 N–H and O–H groups in total. The number of nitrogens with two attached hydrogens (primary N) is 1. The van der Waals surface area contributed by atoms with E-state index < -0.39 is 0 Å². The molecular weight excluding hydrogens is 288 g/mol. The molecule has 1 fully saturated rings. The summed E-state index contributed by atoms with van der Waals surface area (Å²) in [5.74, 6) is 0.227. The van der Waals surface area contributed by atoms with Crippen LogP contribution < -0.4 is 15.4 Å². The molecule has 5 nitrogen and oxygen atoms in total. The van der Waals surface area contributed by atoms with Crippen LogP contribution in [-0.2, 0) is 4.74 Å². The Bertz CT molecular complexity index is 515. The van der Waals surface area contributed by atoms with Crippen LogP contribution in [0.25, 0.3) is 0 Å². The van der Waals surface area contributed by atoms with Crippen molar-refractivity contribution in [2.45, 2.75) is 33.6 Å². The molecular formula is C15H24N2O3S. The Hall–Kier alpha value is -1.43. The Morgan fingerprint density at radius 3 is 2.52 bits per heavy atom. The molecule has 0 unspecified atom stereocenters. The molecule has 6 heteroatoms. The van der Waals surface area contributed by atoms with Gasteiger partial charge in [0.2, 0.25) is 0 Å². The van der Waals surface area contributed by atoms with Gasteiger partial charge >= 0.3 is 5.97 Å². The molecule has 0 aromatic carbocycles. The smallest absolute Gasteiger partial charge is 0.350 e. The van der Waals surface area contributed by atoms with E-state index in [1.165, 1.54) is 11.3 Å². The molecule has 118 valence electrons. The Morgan fingerprint density at radius 1 is 1.38 bits per heavy atom. The average molecular weight is 312 g/mol. The number of carbonyl (C=O) groups is 1. The van der Waals surface area contributed by atoms with Crippen molar-refractivity contribution in [1.82, 2.24) is 0 Å². The van der Waals surface area contributed by atoms with Gasteiger partial charge < -0.3 is 20.1 Å². The Morgan fingerprint density at radius 2 is 2.00 bits per heavy atom. The summed E-state index contributed by atoms with van der Waals surface area (Å²) in [6.07, 6.45) is 2.23. The standard InChI is InChI=1S/C15H24N2O3S/c1-5-20-14(18)12-10(16)11(19-4)13(21-12)17-8-6-15(2,3)7-9-17/h5-9,16H2,1-4H3. The zero-order chi connectivity index (χ0) is 15.6. The van der Waals surface area contributed by atoms with Gasteiger partial charge in [0.15, 0.2) is 5.75 Å². The SMILES string of the molecule is CCOC(=O)c1sc(N2CCC(C)(C)CC2)c(OC)c1N. The summed E-state index contributed by atoms with van der Waals surface area (Å²) >= 11 is 1.37. The fourth-order valence-corrected chi connectivity index (χ4v) is 3.62. The third-order valence-electron chi connectivity index (χ3n) is 3.95. The Labute approximate surface area is 130 Å². The van der Waals surface area contributed by atoms with E-state index >= 15 is 0 Å². The first-order valence-electron chi connectivity index (χ1n) is 7.28. The molecule has 0 aliphatic carbocycles. The normalized spacial score (nSPS) is 17.6. The molecule has 1 aliphatic heterocycles. The van der Waals surface area contributed by atoms with E-state index in [0.29, 0.717) is 28.3 Å². The maximum absolute atomic E-state index is 12.0. The number of rotatable bonds is 4. The lowest BCUT2D eigenvalue weighted by atomic mass is 9.83. The molecule has 1 aromatic heterocycles. The molecule has 1 saturated heterocycles. The van der Waals surface area contributed by atoms with Gasteiger partial charge in [-0.05, 0) is 25.2 Å². The number of thiophene rings is 1. The monoisotopic (exact) mass is 312 g/mol. The van der Waals surface area contributed by atoms with Crippen molar-refractivity contribution in [1.29, 1.82) is 0 Å².